The van der Waals surface area contributed by atoms with Crippen LogP contribution in [0.1, 0.15) is 0 Å². The summed E-state index contributed by atoms with van der Waals surface area (Å²) >= 11 is 0. The van der Waals surface area contributed by atoms with Crippen molar-refractivity contribution in [2.75, 3.05) is 0 Å². The third kappa shape index (κ3) is 4.67. The zero-order valence-electron chi connectivity index (χ0n) is 3.16. The second-order valence-electron chi connectivity index (χ2n) is 0.634. The minimum Gasteiger partial charge on any atom is -0.347 e. The third-order valence-electron chi connectivity index (χ3n) is 0.165. The molecule has 40 valence electrons. The van der Waals surface area contributed by atoms with Gasteiger partial charge in [0.2, 0.25) is 0 Å². The Morgan fingerprint density at radius 2 is 2.29 bits per heavy atom. The molecule has 0 aliphatic rings. The zero-order valence-corrected chi connectivity index (χ0v) is 3.16. The van der Waals surface area contributed by atoms with E-state index < -0.39 is 11.2 Å². The van der Waals surface area contributed by atoms with Crippen LogP contribution in [-0.4, -0.2) is 11.2 Å². The topological polar surface area (TPSA) is 95.5 Å². The number of nitrogens with zero attached hydrogens (tertiary/aromatic N) is 1. The fourth-order valence-electron chi connectivity index (χ4n) is 0.0735. The molecule has 0 bridgehead atoms. The van der Waals surface area contributed by atoms with E-state index in [0.29, 0.717) is 0 Å². The average Bonchev–Trinajstić information content (AvgIpc) is 1.27. The Morgan fingerprint density at radius 1 is 1.86 bits per heavy atom. The molecule has 0 aliphatic carbocycles. The molecule has 0 spiro atoms. The normalized spacial score (nSPS) is 7.43. The van der Waals surface area contributed by atoms with Crippen LogP contribution in [0.2, 0.25) is 0 Å². The van der Waals surface area contributed by atoms with E-state index in [-0.39, 0.29) is 0 Å². The maximum atomic E-state index is 9.37. The van der Waals surface area contributed by atoms with E-state index in [0.717, 1.165) is 0 Å². The van der Waals surface area contributed by atoms with Crippen molar-refractivity contribution >= 4 is 6.09 Å². The van der Waals surface area contributed by atoms with Crippen molar-refractivity contribution in [3.8, 4) is 0 Å². The van der Waals surface area contributed by atoms with E-state index in [2.05, 4.69) is 10.6 Å². The van der Waals surface area contributed by atoms with Crippen LogP contribution in [-0.2, 0) is 4.84 Å². The fourth-order valence-corrected chi connectivity index (χ4v) is 0.0735. The van der Waals surface area contributed by atoms with Crippen molar-refractivity contribution < 1.29 is 14.7 Å². The molecule has 0 saturated heterocycles. The predicted molar refractivity (Wildman–Crippen MR) is 17.7 cm³/mol. The molecule has 0 aromatic rings. The maximum Gasteiger partial charge on any atom is 0.393 e. The number of rotatable bonds is 1. The van der Waals surface area contributed by atoms with E-state index in [9.17, 15) is 4.79 Å². The summed E-state index contributed by atoms with van der Waals surface area (Å²) < 4.78 is 0. The Kier molecular flexibility index (Phi) is 1.58. The summed E-state index contributed by atoms with van der Waals surface area (Å²) in [5.74, 6) is 0. The number of hydrogen-bond donors (Lipinski definition) is 1. The van der Waals surface area contributed by atoms with Crippen LogP contribution in [0.5, 0.6) is 0 Å². The summed E-state index contributed by atoms with van der Waals surface area (Å²) in [6, 6.07) is 0. The third-order valence-corrected chi connectivity index (χ3v) is 0.165. The minimum atomic E-state index is -1.41. The molecule has 0 heterocycles. The summed E-state index contributed by atoms with van der Waals surface area (Å²) in [5, 5.41) is 7.82. The Morgan fingerprint density at radius 3 is 2.29 bits per heavy atom. The highest BCUT2D eigenvalue weighted by molar-refractivity contribution is 5.63. The molecule has 0 fully saturated rings. The van der Waals surface area contributed by atoms with Gasteiger partial charge in [0.05, 0.1) is 0 Å². The molecule has 0 aromatic heterocycles. The van der Waals surface area contributed by atoms with Crippen LogP contribution in [0.15, 0.2) is 0 Å². The van der Waals surface area contributed by atoms with Crippen LogP contribution in [0.4, 0.5) is 4.79 Å². The summed E-state index contributed by atoms with van der Waals surface area (Å²) in [7, 11) is 0. The van der Waals surface area contributed by atoms with Gasteiger partial charge < -0.3 is 5.73 Å². The van der Waals surface area contributed by atoms with Crippen LogP contribution >= 0.6 is 0 Å². The quantitative estimate of drug-likeness (QED) is 0.352. The van der Waals surface area contributed by atoms with Crippen LogP contribution in [0.25, 0.3) is 0 Å². The zero-order chi connectivity index (χ0) is 5.86. The van der Waals surface area contributed by atoms with Gasteiger partial charge in [-0.05, 0) is 0 Å². The molecule has 2 N–H and O–H groups in total. The van der Waals surface area contributed by atoms with Crippen molar-refractivity contribution in [1.29, 1.82) is 0 Å². The molecule has 1 amide bonds. The average molecular weight is 106 g/mol. The largest absolute Gasteiger partial charge is 0.393 e. The molecule has 0 rings (SSSR count). The molecule has 6 nitrogen and oxygen atoms in total. The lowest BCUT2D eigenvalue weighted by Crippen LogP contribution is -2.16. The molecular weight excluding hydrogens is 104 g/mol. The van der Waals surface area contributed by atoms with Gasteiger partial charge in [0.25, 0.3) is 0 Å². The predicted octanol–water partition coefficient (Wildman–Crippen LogP) is -0.727. The summed E-state index contributed by atoms with van der Waals surface area (Å²) in [4.78, 5) is 21.6. The van der Waals surface area contributed by atoms with E-state index in [1.165, 1.54) is 0 Å². The number of carbonyl (C=O) groups is 1. The number of hydrogen-bond acceptors (Lipinski definition) is 4. The van der Waals surface area contributed by atoms with Gasteiger partial charge in [-0.1, -0.05) is 0 Å². The van der Waals surface area contributed by atoms with E-state index in [1.807, 2.05) is 0 Å². The SMILES string of the molecule is NC(=O)O[N+](=O)[O-]. The molecule has 0 aliphatic heterocycles. The van der Waals surface area contributed by atoms with Crippen molar-refractivity contribution in [3.63, 3.8) is 0 Å². The van der Waals surface area contributed by atoms with Crippen LogP contribution < -0.4 is 5.73 Å². The van der Waals surface area contributed by atoms with Crippen molar-refractivity contribution in [3.05, 3.63) is 10.1 Å². The summed E-state index contributed by atoms with van der Waals surface area (Å²) in [5.41, 5.74) is 4.19. The highest BCUT2D eigenvalue weighted by Gasteiger charge is 1.96. The monoisotopic (exact) mass is 106 g/mol. The number of primary amides is 1. The second kappa shape index (κ2) is 1.96. The van der Waals surface area contributed by atoms with Crippen molar-refractivity contribution in [2.24, 2.45) is 5.73 Å². The van der Waals surface area contributed by atoms with Crippen LogP contribution in [0.3, 0.4) is 0 Å². The number of amides is 1. The molecule has 0 atom stereocenters. The fraction of sp³-hybridized carbons (Fsp3) is 0. The standard InChI is InChI=1S/CH2N2O4/c2-1(4)7-3(5)6/h(H2,2,4). The smallest absolute Gasteiger partial charge is 0.347 e. The van der Waals surface area contributed by atoms with Gasteiger partial charge in [0.15, 0.2) is 0 Å². The number of nitrogens with two attached hydrogens (primary N) is 1. The van der Waals surface area contributed by atoms with Gasteiger partial charge in [-0.3, -0.25) is 0 Å². The first-order valence-corrected chi connectivity index (χ1v) is 1.24. The lowest BCUT2D eigenvalue weighted by Gasteiger charge is -1.82. The molecule has 0 unspecified atom stereocenters. The Hall–Kier alpha value is -1.33. The first kappa shape index (κ1) is 5.67. The number of carbonyl (C=O) groups excluding carboxylic acids is 1. The lowest BCUT2D eigenvalue weighted by molar-refractivity contribution is -0.727. The Labute approximate surface area is 38.0 Å². The van der Waals surface area contributed by atoms with Gasteiger partial charge in [0.1, 0.15) is 0 Å². The molecular formula is CH2N2O4. The highest BCUT2D eigenvalue weighted by Crippen LogP contribution is 1.69. The maximum absolute atomic E-state index is 9.37. The van der Waals surface area contributed by atoms with E-state index in [1.54, 1.807) is 0 Å². The van der Waals surface area contributed by atoms with E-state index in [4.69, 9.17) is 10.1 Å². The van der Waals surface area contributed by atoms with Gasteiger partial charge >= 0.3 is 11.2 Å². The molecule has 0 aromatic carbocycles. The first-order chi connectivity index (χ1) is 3.13. The molecule has 0 saturated carbocycles. The van der Waals surface area contributed by atoms with Crippen molar-refractivity contribution in [1.82, 2.24) is 0 Å². The second-order valence-corrected chi connectivity index (χ2v) is 0.634. The van der Waals surface area contributed by atoms with Crippen LogP contribution in [0, 0.1) is 10.1 Å². The van der Waals surface area contributed by atoms with Gasteiger partial charge in [-0.25, -0.2) is 9.63 Å². The Balaban J connectivity index is 3.32. The van der Waals surface area contributed by atoms with Crippen molar-refractivity contribution in [2.45, 2.75) is 0 Å². The Bertz CT molecular complexity index is 85.9. The highest BCUT2D eigenvalue weighted by atomic mass is 17.0. The van der Waals surface area contributed by atoms with Gasteiger partial charge in [0, 0.05) is 0 Å². The molecule has 0 radical (unpaired) electrons. The summed E-state index contributed by atoms with van der Waals surface area (Å²) in [6.45, 7) is 0. The molecule has 6 heteroatoms. The lowest BCUT2D eigenvalue weighted by atomic mass is 11.3. The first-order valence-electron chi connectivity index (χ1n) is 1.24. The minimum absolute atomic E-state index is 1.28. The summed E-state index contributed by atoms with van der Waals surface area (Å²) in [6.07, 6.45) is -1.41. The van der Waals surface area contributed by atoms with Gasteiger partial charge in [-0.2, -0.15) is 0 Å². The van der Waals surface area contributed by atoms with Gasteiger partial charge in [-0.15, -0.1) is 10.1 Å². The van der Waals surface area contributed by atoms with E-state index >= 15 is 0 Å². The molecule has 7 heavy (non-hydrogen) atoms.